The summed E-state index contributed by atoms with van der Waals surface area (Å²) in [5.74, 6) is 0.896. The Bertz CT molecular complexity index is 825. The second-order valence-electron chi connectivity index (χ2n) is 5.46. The van der Waals surface area contributed by atoms with Gasteiger partial charge < -0.3 is 10.1 Å². The molecule has 0 bridgehead atoms. The predicted octanol–water partition coefficient (Wildman–Crippen LogP) is 2.76. The van der Waals surface area contributed by atoms with Gasteiger partial charge in [0, 0.05) is 30.0 Å². The van der Waals surface area contributed by atoms with E-state index in [1.807, 2.05) is 35.4 Å². The second kappa shape index (κ2) is 6.00. The Hall–Kier alpha value is -2.41. The first-order valence-electron chi connectivity index (χ1n) is 7.60. The Balaban J connectivity index is 1.50. The molecule has 0 aliphatic carbocycles. The van der Waals surface area contributed by atoms with Crippen LogP contribution in [0, 0.1) is 6.92 Å². The van der Waals surface area contributed by atoms with Crippen molar-refractivity contribution in [2.75, 3.05) is 18.5 Å². The Kier molecular flexibility index (Phi) is 3.70. The van der Waals surface area contributed by atoms with E-state index in [1.165, 1.54) is 4.88 Å². The first-order chi connectivity index (χ1) is 11.3. The molecule has 0 unspecified atom stereocenters. The molecule has 0 amide bonds. The Morgan fingerprint density at radius 1 is 1.39 bits per heavy atom. The zero-order chi connectivity index (χ0) is 15.6. The van der Waals surface area contributed by atoms with E-state index in [0.29, 0.717) is 6.61 Å². The van der Waals surface area contributed by atoms with Gasteiger partial charge in [0.25, 0.3) is 0 Å². The summed E-state index contributed by atoms with van der Waals surface area (Å²) in [6, 6.07) is 6.07. The van der Waals surface area contributed by atoms with E-state index in [0.717, 1.165) is 47.9 Å². The minimum absolute atomic E-state index is 0.708. The molecule has 2 aromatic heterocycles. The van der Waals surface area contributed by atoms with Crippen LogP contribution in [0.5, 0.6) is 5.75 Å². The molecule has 0 spiro atoms. The van der Waals surface area contributed by atoms with Gasteiger partial charge in [0.15, 0.2) is 0 Å². The average molecular weight is 327 g/mol. The van der Waals surface area contributed by atoms with Crippen LogP contribution in [0.15, 0.2) is 29.9 Å². The van der Waals surface area contributed by atoms with Crippen molar-refractivity contribution in [1.82, 2.24) is 20.0 Å². The van der Waals surface area contributed by atoms with Crippen molar-refractivity contribution >= 4 is 17.0 Å². The highest BCUT2D eigenvalue weighted by Gasteiger charge is 2.12. The van der Waals surface area contributed by atoms with E-state index in [1.54, 1.807) is 11.3 Å². The summed E-state index contributed by atoms with van der Waals surface area (Å²) >= 11 is 1.69. The third kappa shape index (κ3) is 2.92. The van der Waals surface area contributed by atoms with E-state index in [-0.39, 0.29) is 0 Å². The summed E-state index contributed by atoms with van der Waals surface area (Å²) in [5, 5.41) is 11.9. The number of ether oxygens (including phenoxy) is 1. The van der Waals surface area contributed by atoms with Gasteiger partial charge in [0.1, 0.15) is 18.1 Å². The Morgan fingerprint density at radius 2 is 2.35 bits per heavy atom. The first-order valence-corrected chi connectivity index (χ1v) is 8.48. The molecule has 0 radical (unpaired) electrons. The fraction of sp³-hybridized carbons (Fsp3) is 0.312. The maximum Gasteiger partial charge on any atom is 0.142 e. The lowest BCUT2D eigenvalue weighted by molar-refractivity contribution is 0.323. The normalized spacial score (nSPS) is 13.3. The van der Waals surface area contributed by atoms with Crippen LogP contribution in [0.4, 0.5) is 5.69 Å². The monoisotopic (exact) mass is 327 g/mol. The molecule has 3 aromatic rings. The minimum Gasteiger partial charge on any atom is -0.490 e. The SMILES string of the molecule is Cc1ncsc1CCn1cc(-c2ccc3c(c2)NCCO3)nn1. The minimum atomic E-state index is 0.708. The first kappa shape index (κ1) is 14.2. The molecule has 0 atom stereocenters. The summed E-state index contributed by atoms with van der Waals surface area (Å²) in [7, 11) is 0. The molecule has 6 nitrogen and oxygen atoms in total. The van der Waals surface area contributed by atoms with Crippen molar-refractivity contribution in [2.45, 2.75) is 19.9 Å². The van der Waals surface area contributed by atoms with Gasteiger partial charge in [-0.1, -0.05) is 5.21 Å². The third-order valence-corrected chi connectivity index (χ3v) is 4.90. The molecule has 23 heavy (non-hydrogen) atoms. The van der Waals surface area contributed by atoms with Gasteiger partial charge in [0.05, 0.1) is 23.1 Å². The molecular formula is C16H17N5OS. The van der Waals surface area contributed by atoms with Crippen molar-refractivity contribution < 1.29 is 4.74 Å². The van der Waals surface area contributed by atoms with Crippen molar-refractivity contribution in [2.24, 2.45) is 0 Å². The maximum atomic E-state index is 5.60. The smallest absolute Gasteiger partial charge is 0.142 e. The van der Waals surface area contributed by atoms with Gasteiger partial charge in [-0.2, -0.15) is 0 Å². The van der Waals surface area contributed by atoms with Crippen LogP contribution < -0.4 is 10.1 Å². The number of rotatable bonds is 4. The van der Waals surface area contributed by atoms with E-state index in [9.17, 15) is 0 Å². The lowest BCUT2D eigenvalue weighted by Gasteiger charge is -2.19. The van der Waals surface area contributed by atoms with Crippen molar-refractivity contribution in [3.05, 3.63) is 40.5 Å². The fourth-order valence-electron chi connectivity index (χ4n) is 2.62. The number of benzene rings is 1. The molecule has 0 saturated carbocycles. The van der Waals surface area contributed by atoms with Crippen molar-refractivity contribution in [3.63, 3.8) is 0 Å². The zero-order valence-electron chi connectivity index (χ0n) is 12.8. The highest BCUT2D eigenvalue weighted by molar-refractivity contribution is 7.09. The van der Waals surface area contributed by atoms with E-state index >= 15 is 0 Å². The average Bonchev–Trinajstić information content (AvgIpc) is 3.21. The number of anilines is 1. The summed E-state index contributed by atoms with van der Waals surface area (Å²) in [6.07, 6.45) is 2.92. The van der Waals surface area contributed by atoms with Crippen molar-refractivity contribution in [1.29, 1.82) is 0 Å². The summed E-state index contributed by atoms with van der Waals surface area (Å²) in [5.41, 5.74) is 5.93. The molecular weight excluding hydrogens is 310 g/mol. The highest BCUT2D eigenvalue weighted by Crippen LogP contribution is 2.31. The van der Waals surface area contributed by atoms with Gasteiger partial charge in [-0.05, 0) is 25.1 Å². The number of nitrogens with one attached hydrogen (secondary N) is 1. The Morgan fingerprint density at radius 3 is 3.22 bits per heavy atom. The number of hydrogen-bond donors (Lipinski definition) is 1. The number of fused-ring (bicyclic) bond motifs is 1. The molecule has 1 aliphatic heterocycles. The summed E-state index contributed by atoms with van der Waals surface area (Å²) < 4.78 is 7.49. The van der Waals surface area contributed by atoms with Crippen molar-refractivity contribution in [3.8, 4) is 17.0 Å². The number of hydrogen-bond acceptors (Lipinski definition) is 6. The van der Waals surface area contributed by atoms with Crippen LogP contribution in [0.2, 0.25) is 0 Å². The zero-order valence-corrected chi connectivity index (χ0v) is 13.6. The van der Waals surface area contributed by atoms with Gasteiger partial charge in [-0.15, -0.1) is 16.4 Å². The van der Waals surface area contributed by atoms with Gasteiger partial charge in [-0.3, -0.25) is 4.68 Å². The fourth-order valence-corrected chi connectivity index (χ4v) is 3.39. The van der Waals surface area contributed by atoms with E-state index in [2.05, 4.69) is 26.7 Å². The largest absolute Gasteiger partial charge is 0.490 e. The molecule has 3 heterocycles. The maximum absolute atomic E-state index is 5.60. The number of thiazole rings is 1. The quantitative estimate of drug-likeness (QED) is 0.798. The molecule has 1 aliphatic rings. The Labute approximate surface area is 138 Å². The lowest BCUT2D eigenvalue weighted by atomic mass is 10.1. The third-order valence-electron chi connectivity index (χ3n) is 3.90. The number of aromatic nitrogens is 4. The molecule has 0 fully saturated rings. The molecule has 0 saturated heterocycles. The molecule has 1 N–H and O–H groups in total. The molecule has 7 heteroatoms. The van der Waals surface area contributed by atoms with Crippen LogP contribution in [0.3, 0.4) is 0 Å². The van der Waals surface area contributed by atoms with Crippen LogP contribution in [-0.4, -0.2) is 33.1 Å². The summed E-state index contributed by atoms with van der Waals surface area (Å²) in [4.78, 5) is 5.58. The topological polar surface area (TPSA) is 64.9 Å². The van der Waals surface area contributed by atoms with Gasteiger partial charge in [-0.25, -0.2) is 4.98 Å². The van der Waals surface area contributed by atoms with Crippen LogP contribution >= 0.6 is 11.3 Å². The van der Waals surface area contributed by atoms with E-state index in [4.69, 9.17) is 4.74 Å². The molecule has 4 rings (SSSR count). The standard InChI is InChI=1S/C16H17N5OS/c1-11-16(23-10-18-11)4-6-21-9-14(19-20-21)12-2-3-15-13(8-12)17-5-7-22-15/h2-3,8-10,17H,4-7H2,1H3. The van der Waals surface area contributed by atoms with Crippen LogP contribution in [0.25, 0.3) is 11.3 Å². The molecule has 1 aromatic carbocycles. The highest BCUT2D eigenvalue weighted by atomic mass is 32.1. The number of aryl methyl sites for hydroxylation is 3. The second-order valence-corrected chi connectivity index (χ2v) is 6.40. The van der Waals surface area contributed by atoms with Gasteiger partial charge in [0.2, 0.25) is 0 Å². The van der Waals surface area contributed by atoms with Crippen LogP contribution in [-0.2, 0) is 13.0 Å². The van der Waals surface area contributed by atoms with E-state index < -0.39 is 0 Å². The lowest BCUT2D eigenvalue weighted by Crippen LogP contribution is -2.17. The van der Waals surface area contributed by atoms with Gasteiger partial charge >= 0.3 is 0 Å². The van der Waals surface area contributed by atoms with Crippen LogP contribution in [0.1, 0.15) is 10.6 Å². The molecule has 118 valence electrons. The predicted molar refractivity (Wildman–Crippen MR) is 90.0 cm³/mol. The number of nitrogens with zero attached hydrogens (tertiary/aromatic N) is 4. The summed E-state index contributed by atoms with van der Waals surface area (Å²) in [6.45, 7) is 4.39.